The minimum atomic E-state index is -0.491. The van der Waals surface area contributed by atoms with E-state index in [4.69, 9.17) is 0 Å². The van der Waals surface area contributed by atoms with Gasteiger partial charge in [0.25, 0.3) is 0 Å². The molecule has 130 valence electrons. The van der Waals surface area contributed by atoms with Crippen LogP contribution in [0, 0.1) is 11.6 Å². The van der Waals surface area contributed by atoms with Crippen molar-refractivity contribution in [3.63, 3.8) is 0 Å². The van der Waals surface area contributed by atoms with Gasteiger partial charge in [-0.2, -0.15) is 0 Å². The summed E-state index contributed by atoms with van der Waals surface area (Å²) < 4.78 is 26.8. The highest BCUT2D eigenvalue weighted by atomic mass is 19.1. The van der Waals surface area contributed by atoms with Crippen molar-refractivity contribution in [1.82, 2.24) is 4.90 Å². The fraction of sp³-hybridized carbons (Fsp3) is 0.684. The summed E-state index contributed by atoms with van der Waals surface area (Å²) in [6, 6.07) is 4.43. The van der Waals surface area contributed by atoms with Gasteiger partial charge in [0, 0.05) is 30.9 Å². The number of hydrogen-bond acceptors (Lipinski definition) is 2. The lowest BCUT2D eigenvalue weighted by Gasteiger charge is -2.39. The average molecular weight is 324 g/mol. The number of rotatable bonds is 8. The molecule has 0 bridgehead atoms. The van der Waals surface area contributed by atoms with Crippen molar-refractivity contribution in [2.75, 3.05) is 31.1 Å². The number of nitrogens with zero attached hydrogens (tertiary/aromatic N) is 2. The molecular formula is C19H30F2N2. The third-order valence-electron chi connectivity index (χ3n) is 4.75. The second kappa shape index (κ2) is 9.21. The van der Waals surface area contributed by atoms with E-state index in [1.807, 2.05) is 0 Å². The molecule has 0 N–H and O–H groups in total. The molecule has 1 aromatic carbocycles. The van der Waals surface area contributed by atoms with Crippen molar-refractivity contribution < 1.29 is 8.78 Å². The topological polar surface area (TPSA) is 6.48 Å². The van der Waals surface area contributed by atoms with E-state index in [9.17, 15) is 8.78 Å². The van der Waals surface area contributed by atoms with Gasteiger partial charge in [-0.25, -0.2) is 8.78 Å². The summed E-state index contributed by atoms with van der Waals surface area (Å²) in [4.78, 5) is 4.73. The van der Waals surface area contributed by atoms with Gasteiger partial charge in [0.2, 0.25) is 0 Å². The van der Waals surface area contributed by atoms with Gasteiger partial charge in [-0.3, -0.25) is 0 Å². The first kappa shape index (κ1) is 18.2. The average Bonchev–Trinajstić information content (AvgIpc) is 2.53. The predicted octanol–water partition coefficient (Wildman–Crippen LogP) is 4.84. The minimum absolute atomic E-state index is 0.491. The van der Waals surface area contributed by atoms with E-state index in [0.29, 0.717) is 11.7 Å². The van der Waals surface area contributed by atoms with Crippen LogP contribution < -0.4 is 4.90 Å². The van der Waals surface area contributed by atoms with Crippen LogP contribution in [0.3, 0.4) is 0 Å². The fourth-order valence-corrected chi connectivity index (χ4v) is 3.54. The van der Waals surface area contributed by atoms with Crippen LogP contribution in [0.1, 0.15) is 52.4 Å². The Labute approximate surface area is 139 Å². The number of unbranched alkanes of at least 4 members (excludes halogenated alkanes) is 2. The molecule has 0 atom stereocenters. The van der Waals surface area contributed by atoms with Crippen LogP contribution in [0.15, 0.2) is 18.2 Å². The Kier molecular flexibility index (Phi) is 7.28. The minimum Gasteiger partial charge on any atom is -0.371 e. The Hall–Kier alpha value is -1.16. The molecule has 4 heteroatoms. The molecule has 1 aromatic rings. The normalized spacial score (nSPS) is 16.3. The van der Waals surface area contributed by atoms with Crippen LogP contribution in [0.2, 0.25) is 0 Å². The number of piperidine rings is 1. The van der Waals surface area contributed by atoms with Gasteiger partial charge >= 0.3 is 0 Å². The monoisotopic (exact) mass is 324 g/mol. The third kappa shape index (κ3) is 5.45. The molecule has 2 nitrogen and oxygen atoms in total. The zero-order chi connectivity index (χ0) is 16.7. The molecule has 2 rings (SSSR count). The summed E-state index contributed by atoms with van der Waals surface area (Å²) in [5, 5.41) is 0. The molecule has 23 heavy (non-hydrogen) atoms. The number of halogens is 2. The second-order valence-electron chi connectivity index (χ2n) is 6.59. The highest BCUT2D eigenvalue weighted by Crippen LogP contribution is 2.24. The van der Waals surface area contributed by atoms with Crippen LogP contribution in [0.5, 0.6) is 0 Å². The zero-order valence-electron chi connectivity index (χ0n) is 14.5. The van der Waals surface area contributed by atoms with Crippen LogP contribution in [0.25, 0.3) is 0 Å². The molecular weight excluding hydrogens is 294 g/mol. The van der Waals surface area contributed by atoms with Gasteiger partial charge in [0.1, 0.15) is 11.6 Å². The maximum absolute atomic E-state index is 13.4. The fourth-order valence-electron chi connectivity index (χ4n) is 3.54. The van der Waals surface area contributed by atoms with E-state index in [1.54, 1.807) is 0 Å². The molecule has 0 aromatic heterocycles. The van der Waals surface area contributed by atoms with E-state index in [0.717, 1.165) is 38.5 Å². The lowest BCUT2D eigenvalue weighted by molar-refractivity contribution is 0.166. The number of benzene rings is 1. The van der Waals surface area contributed by atoms with E-state index < -0.39 is 11.6 Å². The lowest BCUT2D eigenvalue weighted by atomic mass is 10.0. The molecule has 0 saturated carbocycles. The Morgan fingerprint density at radius 1 is 0.957 bits per heavy atom. The Bertz CT molecular complexity index is 450. The van der Waals surface area contributed by atoms with Gasteiger partial charge in [-0.05, 0) is 50.9 Å². The summed E-state index contributed by atoms with van der Waals surface area (Å²) in [5.41, 5.74) is 0.675. The third-order valence-corrected chi connectivity index (χ3v) is 4.75. The van der Waals surface area contributed by atoms with Gasteiger partial charge in [0.15, 0.2) is 0 Å². The molecule has 1 saturated heterocycles. The van der Waals surface area contributed by atoms with Crippen molar-refractivity contribution >= 4 is 5.69 Å². The molecule has 1 heterocycles. The van der Waals surface area contributed by atoms with E-state index >= 15 is 0 Å². The maximum atomic E-state index is 13.4. The predicted molar refractivity (Wildman–Crippen MR) is 93.0 cm³/mol. The second-order valence-corrected chi connectivity index (χ2v) is 6.59. The van der Waals surface area contributed by atoms with Crippen molar-refractivity contribution in [1.29, 1.82) is 0 Å². The van der Waals surface area contributed by atoms with Gasteiger partial charge < -0.3 is 9.80 Å². The summed E-state index contributed by atoms with van der Waals surface area (Å²) in [7, 11) is 0. The highest BCUT2D eigenvalue weighted by Gasteiger charge is 2.24. The Balaban J connectivity index is 1.90. The van der Waals surface area contributed by atoms with Gasteiger partial charge in [-0.15, -0.1) is 0 Å². The van der Waals surface area contributed by atoms with Crippen molar-refractivity contribution in [3.8, 4) is 0 Å². The Morgan fingerprint density at radius 3 is 2.17 bits per heavy atom. The Morgan fingerprint density at radius 2 is 1.61 bits per heavy atom. The number of anilines is 1. The summed E-state index contributed by atoms with van der Waals surface area (Å²) in [5.74, 6) is -0.983. The molecule has 1 fully saturated rings. The molecule has 0 unspecified atom stereocenters. The first-order chi connectivity index (χ1) is 11.1. The molecule has 1 aliphatic rings. The molecule has 0 aliphatic carbocycles. The summed E-state index contributed by atoms with van der Waals surface area (Å²) in [6.07, 6.45) is 7.15. The van der Waals surface area contributed by atoms with Crippen molar-refractivity contribution in [2.24, 2.45) is 0 Å². The van der Waals surface area contributed by atoms with Crippen LogP contribution >= 0.6 is 0 Å². The molecule has 1 aliphatic heterocycles. The standard InChI is InChI=1S/C19H30F2N2/c1-3-5-6-10-22(9-4-2)18-7-11-23(12-8-18)19-14-16(20)13-17(21)15-19/h13-15,18H,3-12H2,1-2H3. The largest absolute Gasteiger partial charge is 0.371 e. The SMILES string of the molecule is CCCCCN(CCC)C1CCN(c2cc(F)cc(F)c2)CC1. The molecule has 0 amide bonds. The van der Waals surface area contributed by atoms with E-state index in [1.165, 1.54) is 44.4 Å². The molecule has 0 spiro atoms. The number of hydrogen-bond donors (Lipinski definition) is 0. The van der Waals surface area contributed by atoms with Crippen molar-refractivity contribution in [3.05, 3.63) is 29.8 Å². The first-order valence-electron chi connectivity index (χ1n) is 9.09. The van der Waals surface area contributed by atoms with Crippen LogP contribution in [0.4, 0.5) is 14.5 Å². The van der Waals surface area contributed by atoms with Crippen LogP contribution in [-0.4, -0.2) is 37.1 Å². The van der Waals surface area contributed by atoms with Crippen LogP contribution in [-0.2, 0) is 0 Å². The van der Waals surface area contributed by atoms with E-state index in [-0.39, 0.29) is 0 Å². The van der Waals surface area contributed by atoms with E-state index in [2.05, 4.69) is 23.6 Å². The highest BCUT2D eigenvalue weighted by molar-refractivity contribution is 5.47. The molecule has 0 radical (unpaired) electrons. The first-order valence-corrected chi connectivity index (χ1v) is 9.09. The quantitative estimate of drug-likeness (QED) is 0.632. The zero-order valence-corrected chi connectivity index (χ0v) is 14.5. The van der Waals surface area contributed by atoms with Gasteiger partial charge in [-0.1, -0.05) is 26.7 Å². The van der Waals surface area contributed by atoms with Crippen molar-refractivity contribution in [2.45, 2.75) is 58.4 Å². The smallest absolute Gasteiger partial charge is 0.128 e. The summed E-state index contributed by atoms with van der Waals surface area (Å²) in [6.45, 7) is 8.56. The summed E-state index contributed by atoms with van der Waals surface area (Å²) >= 11 is 0. The lowest BCUT2D eigenvalue weighted by Crippen LogP contribution is -2.45. The maximum Gasteiger partial charge on any atom is 0.128 e. The van der Waals surface area contributed by atoms with Gasteiger partial charge in [0.05, 0.1) is 0 Å².